The van der Waals surface area contributed by atoms with Gasteiger partial charge in [0, 0.05) is 51.0 Å². The van der Waals surface area contributed by atoms with E-state index in [-0.39, 0.29) is 36.7 Å². The minimum Gasteiger partial charge on any atom is -0.493 e. The third-order valence-electron chi connectivity index (χ3n) is 4.78. The molecule has 0 spiro atoms. The molecule has 2 aliphatic heterocycles. The standard InChI is InChI=1S/C17H25FN2O2.2ClH/c1-21-17-14(3-2-4-15(17)18)16(13-5-11-22-12-6-13)20-9-7-19-8-10-20;;/h2-4,13,16,19H,5-12H2,1H3;2*1H/t16-;;/m0../s1. The highest BCUT2D eigenvalue weighted by Crippen LogP contribution is 2.40. The van der Waals surface area contributed by atoms with Crippen LogP contribution in [0.2, 0.25) is 0 Å². The number of hydrogen-bond acceptors (Lipinski definition) is 4. The third-order valence-corrected chi connectivity index (χ3v) is 4.78. The number of rotatable bonds is 4. The van der Waals surface area contributed by atoms with Crippen LogP contribution in [0.1, 0.15) is 24.4 Å². The summed E-state index contributed by atoms with van der Waals surface area (Å²) >= 11 is 0. The molecule has 138 valence electrons. The number of nitrogens with one attached hydrogen (secondary N) is 1. The summed E-state index contributed by atoms with van der Waals surface area (Å²) in [6, 6.07) is 5.49. The van der Waals surface area contributed by atoms with Gasteiger partial charge in [0.25, 0.3) is 0 Å². The first-order chi connectivity index (χ1) is 10.8. The molecular weight excluding hydrogens is 354 g/mol. The van der Waals surface area contributed by atoms with Crippen LogP contribution in [0.3, 0.4) is 0 Å². The van der Waals surface area contributed by atoms with Crippen molar-refractivity contribution >= 4 is 24.8 Å². The lowest BCUT2D eigenvalue weighted by molar-refractivity contribution is 0.0205. The Bertz CT molecular complexity index is 477. The first-order valence-electron chi connectivity index (χ1n) is 8.16. The van der Waals surface area contributed by atoms with Gasteiger partial charge in [-0.1, -0.05) is 12.1 Å². The topological polar surface area (TPSA) is 33.7 Å². The maximum atomic E-state index is 14.2. The van der Waals surface area contributed by atoms with Crippen molar-refractivity contribution in [1.29, 1.82) is 0 Å². The molecule has 1 aromatic rings. The highest BCUT2D eigenvalue weighted by Gasteiger charge is 2.33. The summed E-state index contributed by atoms with van der Waals surface area (Å²) in [4.78, 5) is 2.48. The first kappa shape index (κ1) is 21.5. The highest BCUT2D eigenvalue weighted by atomic mass is 35.5. The van der Waals surface area contributed by atoms with E-state index in [2.05, 4.69) is 10.2 Å². The maximum Gasteiger partial charge on any atom is 0.165 e. The quantitative estimate of drug-likeness (QED) is 0.870. The largest absolute Gasteiger partial charge is 0.493 e. The van der Waals surface area contributed by atoms with Crippen molar-refractivity contribution in [1.82, 2.24) is 10.2 Å². The number of ether oxygens (including phenoxy) is 2. The van der Waals surface area contributed by atoms with Gasteiger partial charge in [0.15, 0.2) is 11.6 Å². The van der Waals surface area contributed by atoms with Crippen molar-refractivity contribution in [2.75, 3.05) is 46.5 Å². The molecule has 2 fully saturated rings. The van der Waals surface area contributed by atoms with Gasteiger partial charge in [-0.2, -0.15) is 0 Å². The van der Waals surface area contributed by atoms with E-state index in [9.17, 15) is 4.39 Å². The normalized spacial score (nSPS) is 20.6. The van der Waals surface area contributed by atoms with Gasteiger partial charge in [0.2, 0.25) is 0 Å². The van der Waals surface area contributed by atoms with Crippen LogP contribution in [0, 0.1) is 11.7 Å². The smallest absolute Gasteiger partial charge is 0.165 e. The van der Waals surface area contributed by atoms with Crippen LogP contribution in [0.5, 0.6) is 5.75 Å². The number of hydrogen-bond donors (Lipinski definition) is 1. The van der Waals surface area contributed by atoms with E-state index in [0.29, 0.717) is 11.7 Å². The zero-order chi connectivity index (χ0) is 15.4. The van der Waals surface area contributed by atoms with Crippen molar-refractivity contribution in [2.24, 2.45) is 5.92 Å². The van der Waals surface area contributed by atoms with Gasteiger partial charge >= 0.3 is 0 Å². The molecule has 2 heterocycles. The van der Waals surface area contributed by atoms with E-state index in [1.165, 1.54) is 6.07 Å². The zero-order valence-corrected chi connectivity index (χ0v) is 15.6. The molecule has 24 heavy (non-hydrogen) atoms. The summed E-state index contributed by atoms with van der Waals surface area (Å²) in [6.45, 7) is 5.54. The van der Waals surface area contributed by atoms with Crippen molar-refractivity contribution in [2.45, 2.75) is 18.9 Å². The lowest BCUT2D eigenvalue weighted by atomic mass is 9.85. The van der Waals surface area contributed by atoms with E-state index in [4.69, 9.17) is 9.47 Å². The second kappa shape index (κ2) is 10.4. The highest BCUT2D eigenvalue weighted by molar-refractivity contribution is 5.85. The number of benzene rings is 1. The minimum absolute atomic E-state index is 0. The lowest BCUT2D eigenvalue weighted by Gasteiger charge is -2.41. The predicted octanol–water partition coefficient (Wildman–Crippen LogP) is 3.05. The van der Waals surface area contributed by atoms with Crippen LogP contribution >= 0.6 is 24.8 Å². The lowest BCUT2D eigenvalue weighted by Crippen LogP contribution is -2.47. The Morgan fingerprint density at radius 1 is 1.21 bits per heavy atom. The number of para-hydroxylation sites is 1. The molecule has 0 radical (unpaired) electrons. The summed E-state index contributed by atoms with van der Waals surface area (Å²) in [5.41, 5.74) is 0.983. The minimum atomic E-state index is -0.271. The van der Waals surface area contributed by atoms with Crippen molar-refractivity contribution in [3.63, 3.8) is 0 Å². The Morgan fingerprint density at radius 3 is 2.50 bits per heavy atom. The second-order valence-corrected chi connectivity index (χ2v) is 6.04. The van der Waals surface area contributed by atoms with Crippen molar-refractivity contribution < 1.29 is 13.9 Å². The Kier molecular flexibility index (Phi) is 9.31. The third kappa shape index (κ3) is 4.73. The molecule has 2 aliphatic rings. The molecule has 0 saturated carbocycles. The van der Waals surface area contributed by atoms with E-state index in [1.807, 2.05) is 6.07 Å². The van der Waals surface area contributed by atoms with Gasteiger partial charge in [0.05, 0.1) is 7.11 Å². The van der Waals surface area contributed by atoms with Gasteiger partial charge in [0.1, 0.15) is 0 Å². The molecule has 0 amide bonds. The van der Waals surface area contributed by atoms with Crippen molar-refractivity contribution in [3.05, 3.63) is 29.6 Å². The first-order valence-corrected chi connectivity index (χ1v) is 8.16. The zero-order valence-electron chi connectivity index (χ0n) is 14.0. The van der Waals surface area contributed by atoms with Crippen LogP contribution in [-0.4, -0.2) is 51.4 Å². The van der Waals surface area contributed by atoms with E-state index >= 15 is 0 Å². The Labute approximate surface area is 155 Å². The molecule has 1 N–H and O–H groups in total. The average molecular weight is 381 g/mol. The summed E-state index contributed by atoms with van der Waals surface area (Å²) in [6.07, 6.45) is 2.04. The fourth-order valence-corrected chi connectivity index (χ4v) is 3.71. The fourth-order valence-electron chi connectivity index (χ4n) is 3.71. The Balaban J connectivity index is 0.00000144. The van der Waals surface area contributed by atoms with Gasteiger partial charge in [-0.05, 0) is 24.8 Å². The number of piperazine rings is 1. The molecule has 4 nitrogen and oxygen atoms in total. The molecule has 2 saturated heterocycles. The Morgan fingerprint density at radius 2 is 1.88 bits per heavy atom. The van der Waals surface area contributed by atoms with Crippen LogP contribution in [-0.2, 0) is 4.74 Å². The maximum absolute atomic E-state index is 14.2. The number of nitrogens with zero attached hydrogens (tertiary/aromatic N) is 1. The number of halogens is 3. The molecule has 0 bridgehead atoms. The SMILES string of the molecule is COc1c(F)cccc1[C@H](C1CCOCC1)N1CCNCC1.Cl.Cl. The summed E-state index contributed by atoms with van der Waals surface area (Å²) in [7, 11) is 1.56. The molecule has 0 unspecified atom stereocenters. The van der Waals surface area contributed by atoms with Crippen LogP contribution < -0.4 is 10.1 Å². The predicted molar refractivity (Wildman–Crippen MR) is 98.2 cm³/mol. The van der Waals surface area contributed by atoms with Crippen LogP contribution in [0.25, 0.3) is 0 Å². The molecule has 0 aliphatic carbocycles. The summed E-state index contributed by atoms with van der Waals surface area (Å²) in [5.74, 6) is 0.618. The van der Waals surface area contributed by atoms with E-state index in [0.717, 1.165) is 57.8 Å². The number of methoxy groups -OCH3 is 1. The molecule has 1 aromatic carbocycles. The van der Waals surface area contributed by atoms with Crippen LogP contribution in [0.4, 0.5) is 4.39 Å². The molecule has 3 rings (SSSR count). The Hall–Kier alpha value is -0.590. The molecule has 0 aromatic heterocycles. The second-order valence-electron chi connectivity index (χ2n) is 6.04. The van der Waals surface area contributed by atoms with Gasteiger partial charge in [-0.3, -0.25) is 4.90 Å². The van der Waals surface area contributed by atoms with Crippen LogP contribution in [0.15, 0.2) is 18.2 Å². The van der Waals surface area contributed by atoms with Gasteiger partial charge in [-0.15, -0.1) is 24.8 Å². The van der Waals surface area contributed by atoms with E-state index < -0.39 is 0 Å². The average Bonchev–Trinajstić information content (AvgIpc) is 2.57. The summed E-state index contributed by atoms with van der Waals surface area (Å²) < 4.78 is 25.1. The van der Waals surface area contributed by atoms with Gasteiger partial charge in [-0.25, -0.2) is 4.39 Å². The monoisotopic (exact) mass is 380 g/mol. The molecule has 1 atom stereocenters. The summed E-state index contributed by atoms with van der Waals surface area (Å²) in [5, 5.41) is 3.39. The van der Waals surface area contributed by atoms with E-state index in [1.54, 1.807) is 13.2 Å². The fraction of sp³-hybridized carbons (Fsp3) is 0.647. The molecule has 7 heteroatoms. The van der Waals surface area contributed by atoms with Crippen molar-refractivity contribution in [3.8, 4) is 5.75 Å². The van der Waals surface area contributed by atoms with Gasteiger partial charge < -0.3 is 14.8 Å². The molecular formula is C17H27Cl2FN2O2.